The molecule has 0 bridgehead atoms. The minimum Gasteiger partial charge on any atom is -0.489 e. The number of amides is 1. The van der Waals surface area contributed by atoms with Crippen LogP contribution in [0.25, 0.3) is 0 Å². The molecular weight excluding hydrogens is 413 g/mol. The zero-order valence-electron chi connectivity index (χ0n) is 16.4. The Morgan fingerprint density at radius 1 is 1.17 bits per heavy atom. The highest BCUT2D eigenvalue weighted by atomic mass is 35.5. The first-order valence-electron chi connectivity index (χ1n) is 9.49. The lowest BCUT2D eigenvalue weighted by atomic mass is 10.1. The molecule has 0 saturated carbocycles. The van der Waals surface area contributed by atoms with Gasteiger partial charge in [0.2, 0.25) is 0 Å². The second kappa shape index (κ2) is 13.4. The molecule has 29 heavy (non-hydrogen) atoms. The average Bonchev–Trinajstić information content (AvgIpc) is 2.73. The van der Waals surface area contributed by atoms with Crippen molar-refractivity contribution in [3.05, 3.63) is 59.9 Å². The summed E-state index contributed by atoms with van der Waals surface area (Å²) < 4.78 is 11.6. The van der Waals surface area contributed by atoms with Crippen LogP contribution in [0.5, 0.6) is 5.75 Å². The van der Waals surface area contributed by atoms with E-state index < -0.39 is 0 Å². The van der Waals surface area contributed by atoms with Crippen molar-refractivity contribution in [3.63, 3.8) is 0 Å². The molecule has 8 heteroatoms. The summed E-state index contributed by atoms with van der Waals surface area (Å²) in [5, 5.41) is 0. The molecule has 0 unspecified atom stereocenters. The Hall–Kier alpha value is -1.86. The van der Waals surface area contributed by atoms with Crippen LogP contribution in [-0.2, 0) is 11.3 Å². The molecule has 1 aliphatic heterocycles. The molecule has 0 spiro atoms. The van der Waals surface area contributed by atoms with E-state index in [1.807, 2.05) is 41.3 Å². The van der Waals surface area contributed by atoms with Gasteiger partial charge in [0.15, 0.2) is 0 Å². The number of carbonyl (C=O) groups is 1. The Labute approximate surface area is 184 Å². The van der Waals surface area contributed by atoms with E-state index in [2.05, 4.69) is 4.98 Å². The number of nitrogens with two attached hydrogens (primary N) is 1. The topological polar surface area (TPSA) is 77.7 Å². The lowest BCUT2D eigenvalue weighted by molar-refractivity contribution is 0.00843. The molecule has 1 aromatic carbocycles. The van der Waals surface area contributed by atoms with Crippen LogP contribution < -0.4 is 10.5 Å². The number of benzene rings is 1. The van der Waals surface area contributed by atoms with Crippen LogP contribution in [0.1, 0.15) is 35.2 Å². The maximum atomic E-state index is 12.8. The lowest BCUT2D eigenvalue weighted by Gasteiger charge is -2.32. The van der Waals surface area contributed by atoms with Crippen molar-refractivity contribution in [1.29, 1.82) is 0 Å². The number of hydrogen-bond acceptors (Lipinski definition) is 5. The van der Waals surface area contributed by atoms with Crippen molar-refractivity contribution in [2.45, 2.75) is 32.0 Å². The molecule has 0 aliphatic carbocycles. The van der Waals surface area contributed by atoms with Crippen molar-refractivity contribution < 1.29 is 14.3 Å². The predicted octanol–water partition coefficient (Wildman–Crippen LogP) is 3.47. The van der Waals surface area contributed by atoms with Gasteiger partial charge in [0.05, 0.1) is 6.10 Å². The lowest BCUT2D eigenvalue weighted by Crippen LogP contribution is -2.41. The number of hydrogen-bond donors (Lipinski definition) is 1. The van der Waals surface area contributed by atoms with Crippen molar-refractivity contribution in [2.75, 3.05) is 26.2 Å². The third kappa shape index (κ3) is 7.82. The van der Waals surface area contributed by atoms with E-state index in [0.29, 0.717) is 44.2 Å². The number of piperidine rings is 1. The summed E-state index contributed by atoms with van der Waals surface area (Å²) in [5.41, 5.74) is 7.14. The first-order chi connectivity index (χ1) is 13.3. The average molecular weight is 442 g/mol. The molecule has 1 aromatic heterocycles. The van der Waals surface area contributed by atoms with Gasteiger partial charge in [-0.25, -0.2) is 0 Å². The van der Waals surface area contributed by atoms with Gasteiger partial charge in [-0.15, -0.1) is 24.8 Å². The summed E-state index contributed by atoms with van der Waals surface area (Å²) >= 11 is 0. The Morgan fingerprint density at radius 3 is 2.66 bits per heavy atom. The molecule has 2 heterocycles. The summed E-state index contributed by atoms with van der Waals surface area (Å²) in [5.74, 6) is 0.729. The van der Waals surface area contributed by atoms with Gasteiger partial charge in [-0.3, -0.25) is 9.78 Å². The van der Waals surface area contributed by atoms with Crippen molar-refractivity contribution in [3.8, 4) is 5.75 Å². The Balaban J connectivity index is 0.00000210. The summed E-state index contributed by atoms with van der Waals surface area (Å²) in [4.78, 5) is 18.8. The van der Waals surface area contributed by atoms with Crippen molar-refractivity contribution in [2.24, 2.45) is 5.73 Å². The van der Waals surface area contributed by atoms with Gasteiger partial charge in [0, 0.05) is 43.2 Å². The van der Waals surface area contributed by atoms with Gasteiger partial charge in [-0.05, 0) is 50.1 Å². The maximum absolute atomic E-state index is 12.8. The fourth-order valence-electron chi connectivity index (χ4n) is 3.11. The third-order valence-electron chi connectivity index (χ3n) is 4.64. The highest BCUT2D eigenvalue weighted by Crippen LogP contribution is 2.20. The second-order valence-corrected chi connectivity index (χ2v) is 6.68. The van der Waals surface area contributed by atoms with E-state index >= 15 is 0 Å². The molecule has 0 atom stereocenters. The minimum absolute atomic E-state index is 0. The van der Waals surface area contributed by atoms with E-state index in [9.17, 15) is 4.79 Å². The van der Waals surface area contributed by atoms with Gasteiger partial charge in [-0.2, -0.15) is 0 Å². The SMILES string of the molecule is Cl.Cl.NCCCOC1CCN(C(=O)c2cccc(OCc3cccnc3)c2)CC1. The van der Waals surface area contributed by atoms with E-state index in [1.165, 1.54) is 0 Å². The van der Waals surface area contributed by atoms with E-state index in [-0.39, 0.29) is 36.8 Å². The number of pyridine rings is 1. The van der Waals surface area contributed by atoms with Crippen molar-refractivity contribution in [1.82, 2.24) is 9.88 Å². The van der Waals surface area contributed by atoms with Gasteiger partial charge < -0.3 is 20.1 Å². The Bertz CT molecular complexity index is 726. The molecule has 1 amide bonds. The Kier molecular flexibility index (Phi) is 11.6. The molecule has 2 aromatic rings. The first-order valence-corrected chi connectivity index (χ1v) is 9.49. The van der Waals surface area contributed by atoms with Crippen molar-refractivity contribution >= 4 is 30.7 Å². The monoisotopic (exact) mass is 441 g/mol. The first kappa shape index (κ1) is 25.2. The molecule has 3 rings (SSSR count). The third-order valence-corrected chi connectivity index (χ3v) is 4.64. The quantitative estimate of drug-likeness (QED) is 0.634. The van der Waals surface area contributed by atoms with Gasteiger partial charge in [0.25, 0.3) is 5.91 Å². The van der Waals surface area contributed by atoms with Crippen LogP contribution in [0.15, 0.2) is 48.8 Å². The number of ether oxygens (including phenoxy) is 2. The number of carbonyl (C=O) groups excluding carboxylic acids is 1. The molecule has 160 valence electrons. The summed E-state index contributed by atoms with van der Waals surface area (Å²) in [7, 11) is 0. The van der Waals surface area contributed by atoms with Gasteiger partial charge in [0.1, 0.15) is 12.4 Å². The summed E-state index contributed by atoms with van der Waals surface area (Å²) in [6, 6.07) is 11.2. The molecular formula is C21H29Cl2N3O3. The molecule has 1 saturated heterocycles. The highest BCUT2D eigenvalue weighted by Gasteiger charge is 2.24. The predicted molar refractivity (Wildman–Crippen MR) is 118 cm³/mol. The molecule has 2 N–H and O–H groups in total. The van der Waals surface area contributed by atoms with Crippen LogP contribution in [0.4, 0.5) is 0 Å². The van der Waals surface area contributed by atoms with Crippen LogP contribution >= 0.6 is 24.8 Å². The smallest absolute Gasteiger partial charge is 0.253 e. The van der Waals surface area contributed by atoms with Gasteiger partial charge >= 0.3 is 0 Å². The van der Waals surface area contributed by atoms with Crippen LogP contribution in [0.3, 0.4) is 0 Å². The minimum atomic E-state index is 0. The zero-order valence-corrected chi connectivity index (χ0v) is 18.0. The molecule has 6 nitrogen and oxygen atoms in total. The fourth-order valence-corrected chi connectivity index (χ4v) is 3.11. The van der Waals surface area contributed by atoms with E-state index in [1.54, 1.807) is 12.4 Å². The summed E-state index contributed by atoms with van der Waals surface area (Å²) in [6.45, 7) is 3.21. The fraction of sp³-hybridized carbons (Fsp3) is 0.429. The molecule has 1 aliphatic rings. The number of aromatic nitrogens is 1. The summed E-state index contributed by atoms with van der Waals surface area (Å²) in [6.07, 6.45) is 6.35. The largest absolute Gasteiger partial charge is 0.489 e. The molecule has 0 radical (unpaired) electrons. The Morgan fingerprint density at radius 2 is 1.97 bits per heavy atom. The normalized spacial score (nSPS) is 13.9. The standard InChI is InChI=1S/C21H27N3O3.2ClH/c22-9-3-13-26-19-7-11-24(12-8-19)21(25)18-5-1-6-20(14-18)27-16-17-4-2-10-23-15-17;;/h1-2,4-6,10,14-15,19H,3,7-9,11-13,16,22H2;2*1H. The van der Waals surface area contributed by atoms with E-state index in [0.717, 1.165) is 24.8 Å². The number of nitrogens with zero attached hydrogens (tertiary/aromatic N) is 2. The van der Waals surface area contributed by atoms with Gasteiger partial charge in [-0.1, -0.05) is 12.1 Å². The zero-order chi connectivity index (χ0) is 18.9. The number of halogens is 2. The highest BCUT2D eigenvalue weighted by molar-refractivity contribution is 5.94. The number of rotatable bonds is 8. The molecule has 1 fully saturated rings. The van der Waals surface area contributed by atoms with E-state index in [4.69, 9.17) is 15.2 Å². The van der Waals surface area contributed by atoms with Crippen LogP contribution in [-0.4, -0.2) is 48.1 Å². The van der Waals surface area contributed by atoms with Crippen LogP contribution in [0, 0.1) is 0 Å². The van der Waals surface area contributed by atoms with Crippen LogP contribution in [0.2, 0.25) is 0 Å². The number of likely N-dealkylation sites (tertiary alicyclic amines) is 1. The maximum Gasteiger partial charge on any atom is 0.253 e. The second-order valence-electron chi connectivity index (χ2n) is 6.68.